The van der Waals surface area contributed by atoms with E-state index in [4.69, 9.17) is 4.74 Å². The molecule has 0 spiro atoms. The lowest BCUT2D eigenvalue weighted by molar-refractivity contribution is -0.123. The zero-order valence-electron chi connectivity index (χ0n) is 18.1. The highest BCUT2D eigenvalue weighted by molar-refractivity contribution is 5.91. The Bertz CT molecular complexity index is 1080. The number of rotatable bonds is 9. The normalized spacial score (nSPS) is 13.8. The second-order valence-corrected chi connectivity index (χ2v) is 7.84. The van der Waals surface area contributed by atoms with Gasteiger partial charge in [0.25, 0.3) is 0 Å². The van der Waals surface area contributed by atoms with Crippen LogP contribution in [0.15, 0.2) is 54.6 Å². The second-order valence-electron chi connectivity index (χ2n) is 7.84. The highest BCUT2D eigenvalue weighted by Crippen LogP contribution is 2.48. The lowest BCUT2D eigenvalue weighted by atomic mass is 9.95. The monoisotopic (exact) mass is 435 g/mol. The van der Waals surface area contributed by atoms with Gasteiger partial charge in [-0.15, -0.1) is 0 Å². The molecular formula is C24H26FN5O2. The number of nitrogens with one attached hydrogen (secondary N) is 3. The molecule has 0 saturated heterocycles. The number of hydrogen-bond acceptors (Lipinski definition) is 6. The molecule has 1 fully saturated rings. The SMILES string of the molecule is COc1ccc(Nc2cc(C)nc(NCCNC(=O)C3(c4ccc(F)cc4)CC3)n2)cc1. The van der Waals surface area contributed by atoms with Crippen molar-refractivity contribution in [2.24, 2.45) is 0 Å². The molecule has 1 aliphatic carbocycles. The fourth-order valence-electron chi connectivity index (χ4n) is 3.59. The number of nitrogens with zero attached hydrogens (tertiary/aromatic N) is 2. The van der Waals surface area contributed by atoms with E-state index in [2.05, 4.69) is 25.9 Å². The van der Waals surface area contributed by atoms with Crippen molar-refractivity contribution >= 4 is 23.4 Å². The number of halogens is 1. The van der Waals surface area contributed by atoms with Crippen LogP contribution in [0.4, 0.5) is 21.8 Å². The van der Waals surface area contributed by atoms with Gasteiger partial charge >= 0.3 is 0 Å². The predicted octanol–water partition coefficient (Wildman–Crippen LogP) is 3.94. The van der Waals surface area contributed by atoms with Crippen molar-refractivity contribution < 1.29 is 13.9 Å². The topological polar surface area (TPSA) is 88.2 Å². The lowest BCUT2D eigenvalue weighted by Gasteiger charge is -2.16. The Morgan fingerprint density at radius 1 is 1.06 bits per heavy atom. The minimum atomic E-state index is -0.525. The molecule has 7 nitrogen and oxygen atoms in total. The highest BCUT2D eigenvalue weighted by atomic mass is 19.1. The minimum absolute atomic E-state index is 0.0297. The number of methoxy groups -OCH3 is 1. The maximum Gasteiger partial charge on any atom is 0.230 e. The summed E-state index contributed by atoms with van der Waals surface area (Å²) < 4.78 is 18.4. The van der Waals surface area contributed by atoms with E-state index in [0.29, 0.717) is 24.9 Å². The first-order chi connectivity index (χ1) is 15.5. The summed E-state index contributed by atoms with van der Waals surface area (Å²) in [4.78, 5) is 21.6. The van der Waals surface area contributed by atoms with E-state index >= 15 is 0 Å². The molecule has 0 bridgehead atoms. The minimum Gasteiger partial charge on any atom is -0.497 e. The van der Waals surface area contributed by atoms with Crippen LogP contribution in [0, 0.1) is 12.7 Å². The Morgan fingerprint density at radius 3 is 2.44 bits per heavy atom. The van der Waals surface area contributed by atoms with Crippen LogP contribution in [0.2, 0.25) is 0 Å². The summed E-state index contributed by atoms with van der Waals surface area (Å²) in [6.07, 6.45) is 1.55. The molecule has 1 heterocycles. The Morgan fingerprint density at radius 2 is 1.78 bits per heavy atom. The summed E-state index contributed by atoms with van der Waals surface area (Å²) in [6, 6.07) is 15.6. The third-order valence-electron chi connectivity index (χ3n) is 5.49. The fraction of sp³-hybridized carbons (Fsp3) is 0.292. The molecule has 1 saturated carbocycles. The van der Waals surface area contributed by atoms with E-state index < -0.39 is 5.41 Å². The number of carbonyl (C=O) groups is 1. The van der Waals surface area contributed by atoms with E-state index in [9.17, 15) is 9.18 Å². The van der Waals surface area contributed by atoms with Gasteiger partial charge in [0.05, 0.1) is 12.5 Å². The molecule has 0 unspecified atom stereocenters. The standard InChI is InChI=1S/C24H26FN5O2/c1-16-15-21(29-19-7-9-20(32-2)10-8-19)30-23(28-16)27-14-13-26-22(31)24(11-12-24)17-3-5-18(25)6-4-17/h3-10,15H,11-14H2,1-2H3,(H,26,31)(H2,27,28,29,30). The molecule has 0 atom stereocenters. The number of aryl methyl sites for hydroxylation is 1. The van der Waals surface area contributed by atoms with Crippen molar-refractivity contribution in [3.05, 3.63) is 71.7 Å². The Balaban J connectivity index is 1.30. The van der Waals surface area contributed by atoms with Crippen LogP contribution in [0.25, 0.3) is 0 Å². The molecule has 2 aromatic carbocycles. The third-order valence-corrected chi connectivity index (χ3v) is 5.49. The number of benzene rings is 2. The maximum atomic E-state index is 13.2. The van der Waals surface area contributed by atoms with Gasteiger partial charge in [-0.05, 0) is 61.7 Å². The average Bonchev–Trinajstić information content (AvgIpc) is 3.59. The number of anilines is 3. The molecular weight excluding hydrogens is 409 g/mol. The van der Waals surface area contributed by atoms with Gasteiger partial charge in [0.15, 0.2) is 0 Å². The summed E-state index contributed by atoms with van der Waals surface area (Å²) in [5.74, 6) is 1.61. The van der Waals surface area contributed by atoms with Crippen LogP contribution >= 0.6 is 0 Å². The molecule has 166 valence electrons. The van der Waals surface area contributed by atoms with Crippen molar-refractivity contribution in [3.8, 4) is 5.75 Å². The molecule has 0 radical (unpaired) electrons. The van der Waals surface area contributed by atoms with Crippen molar-refractivity contribution in [1.82, 2.24) is 15.3 Å². The molecule has 1 amide bonds. The van der Waals surface area contributed by atoms with E-state index in [1.165, 1.54) is 12.1 Å². The van der Waals surface area contributed by atoms with E-state index in [0.717, 1.165) is 35.5 Å². The third kappa shape index (κ3) is 4.96. The van der Waals surface area contributed by atoms with Gasteiger partial charge in [0.2, 0.25) is 11.9 Å². The summed E-state index contributed by atoms with van der Waals surface area (Å²) >= 11 is 0. The number of hydrogen-bond donors (Lipinski definition) is 3. The first-order valence-corrected chi connectivity index (χ1v) is 10.5. The zero-order chi connectivity index (χ0) is 22.6. The first-order valence-electron chi connectivity index (χ1n) is 10.5. The largest absolute Gasteiger partial charge is 0.497 e. The van der Waals surface area contributed by atoms with Crippen LogP contribution in [-0.2, 0) is 10.2 Å². The van der Waals surface area contributed by atoms with Crippen LogP contribution < -0.4 is 20.7 Å². The highest BCUT2D eigenvalue weighted by Gasteiger charge is 2.50. The molecule has 1 aromatic heterocycles. The van der Waals surface area contributed by atoms with Gasteiger partial charge < -0.3 is 20.7 Å². The van der Waals surface area contributed by atoms with E-state index in [1.54, 1.807) is 19.2 Å². The smallest absolute Gasteiger partial charge is 0.230 e. The van der Waals surface area contributed by atoms with Crippen LogP contribution in [0.3, 0.4) is 0 Å². The predicted molar refractivity (Wildman–Crippen MR) is 122 cm³/mol. The van der Waals surface area contributed by atoms with Gasteiger partial charge in [-0.25, -0.2) is 9.37 Å². The molecule has 3 N–H and O–H groups in total. The van der Waals surface area contributed by atoms with Crippen molar-refractivity contribution in [2.45, 2.75) is 25.2 Å². The van der Waals surface area contributed by atoms with E-state index in [1.807, 2.05) is 37.3 Å². The fourth-order valence-corrected chi connectivity index (χ4v) is 3.59. The number of amides is 1. The molecule has 32 heavy (non-hydrogen) atoms. The van der Waals surface area contributed by atoms with Gasteiger partial charge in [-0.1, -0.05) is 12.1 Å². The Hall–Kier alpha value is -3.68. The summed E-state index contributed by atoms with van der Waals surface area (Å²) in [5, 5.41) is 9.38. The maximum absolute atomic E-state index is 13.2. The molecule has 0 aliphatic heterocycles. The van der Waals surface area contributed by atoms with Crippen molar-refractivity contribution in [3.63, 3.8) is 0 Å². The molecule has 8 heteroatoms. The van der Waals surface area contributed by atoms with Crippen molar-refractivity contribution in [2.75, 3.05) is 30.8 Å². The Labute approximate surface area is 186 Å². The van der Waals surface area contributed by atoms with Crippen LogP contribution in [-0.4, -0.2) is 36.1 Å². The second kappa shape index (κ2) is 9.21. The van der Waals surface area contributed by atoms with Crippen molar-refractivity contribution in [1.29, 1.82) is 0 Å². The van der Waals surface area contributed by atoms with Gasteiger partial charge in [-0.2, -0.15) is 4.98 Å². The summed E-state index contributed by atoms with van der Waals surface area (Å²) in [5.41, 5.74) is 2.04. The molecule has 4 rings (SSSR count). The lowest BCUT2D eigenvalue weighted by Crippen LogP contribution is -2.37. The molecule has 3 aromatic rings. The first kappa shape index (κ1) is 21.5. The van der Waals surface area contributed by atoms with Crippen LogP contribution in [0.1, 0.15) is 24.1 Å². The molecule has 1 aliphatic rings. The Kier molecular flexibility index (Phi) is 6.20. The average molecular weight is 436 g/mol. The van der Waals surface area contributed by atoms with Gasteiger partial charge in [-0.3, -0.25) is 4.79 Å². The number of carbonyl (C=O) groups excluding carboxylic acids is 1. The van der Waals surface area contributed by atoms with E-state index in [-0.39, 0.29) is 11.7 Å². The summed E-state index contributed by atoms with van der Waals surface area (Å²) in [6.45, 7) is 2.81. The summed E-state index contributed by atoms with van der Waals surface area (Å²) in [7, 11) is 1.63. The van der Waals surface area contributed by atoms with Gasteiger partial charge in [0, 0.05) is 30.5 Å². The van der Waals surface area contributed by atoms with Crippen LogP contribution in [0.5, 0.6) is 5.75 Å². The zero-order valence-corrected chi connectivity index (χ0v) is 18.1. The van der Waals surface area contributed by atoms with Gasteiger partial charge in [0.1, 0.15) is 17.4 Å². The quantitative estimate of drug-likeness (QED) is 0.442. The number of ether oxygens (including phenoxy) is 1. The number of aromatic nitrogens is 2.